The van der Waals surface area contributed by atoms with Gasteiger partial charge in [0.1, 0.15) is 12.2 Å². The molecule has 1 spiro atoms. The fourth-order valence-electron chi connectivity index (χ4n) is 3.93. The Morgan fingerprint density at radius 1 is 1.42 bits per heavy atom. The van der Waals surface area contributed by atoms with Crippen molar-refractivity contribution >= 4 is 0 Å². The zero-order valence-electron chi connectivity index (χ0n) is 12.9. The lowest BCUT2D eigenvalue weighted by atomic mass is 9.95. The van der Waals surface area contributed by atoms with Gasteiger partial charge >= 0.3 is 5.69 Å². The molecular weight excluding hydrogens is 316 g/mol. The lowest BCUT2D eigenvalue weighted by molar-refractivity contribution is -0.226. The van der Waals surface area contributed by atoms with Crippen LogP contribution in [-0.4, -0.2) is 44.9 Å². The van der Waals surface area contributed by atoms with Crippen molar-refractivity contribution in [2.75, 3.05) is 6.61 Å². The van der Waals surface area contributed by atoms with Crippen molar-refractivity contribution in [1.29, 1.82) is 0 Å². The first kappa shape index (κ1) is 15.6. The third-order valence-electron chi connectivity index (χ3n) is 5.00. The summed E-state index contributed by atoms with van der Waals surface area (Å²) in [5.74, 6) is 1.82. The number of aliphatic hydroxyl groups is 1. The molecule has 3 fully saturated rings. The molecule has 8 nitrogen and oxygen atoms in total. The number of nitrogens with zero attached hydrogens (tertiary/aromatic N) is 1. The molecule has 8 heteroatoms. The van der Waals surface area contributed by atoms with Crippen molar-refractivity contribution in [1.82, 2.24) is 9.55 Å². The van der Waals surface area contributed by atoms with E-state index in [1.54, 1.807) is 0 Å². The first-order chi connectivity index (χ1) is 11.5. The molecule has 2 N–H and O–H groups in total. The molecule has 0 amide bonds. The van der Waals surface area contributed by atoms with Gasteiger partial charge in [-0.15, -0.1) is 6.42 Å². The smallest absolute Gasteiger partial charge is 0.330 e. The summed E-state index contributed by atoms with van der Waals surface area (Å²) in [7, 11) is 0. The molecule has 2 aliphatic heterocycles. The highest BCUT2D eigenvalue weighted by atomic mass is 16.8. The van der Waals surface area contributed by atoms with Crippen molar-refractivity contribution in [2.24, 2.45) is 0 Å². The van der Waals surface area contributed by atoms with Crippen LogP contribution in [0.5, 0.6) is 0 Å². The van der Waals surface area contributed by atoms with Crippen molar-refractivity contribution in [3.63, 3.8) is 0 Å². The Balaban J connectivity index is 1.81. The maximum atomic E-state index is 12.2. The van der Waals surface area contributed by atoms with Gasteiger partial charge in [-0.25, -0.2) is 4.79 Å². The standard InChI is InChI=1S/C16H18N2O6/c1-2-16-12(23-15(24-16)6-3-4-7-15)10(9-19)22-13(16)18-8-5-11(20)17-14(18)21/h1,5,8,10,12-13,19H,3-4,6-7,9H2,(H,17,20,21)/t10?,12-,13-,16-/m1/s1. The molecule has 1 aromatic heterocycles. The Hall–Kier alpha value is -1.92. The fourth-order valence-corrected chi connectivity index (χ4v) is 3.93. The zero-order valence-corrected chi connectivity index (χ0v) is 12.9. The van der Waals surface area contributed by atoms with Crippen molar-refractivity contribution in [3.05, 3.63) is 33.1 Å². The normalized spacial score (nSPS) is 36.8. The zero-order chi connectivity index (χ0) is 16.9. The number of fused-ring (bicyclic) bond motifs is 1. The number of aromatic amines is 1. The summed E-state index contributed by atoms with van der Waals surface area (Å²) in [4.78, 5) is 25.7. The minimum atomic E-state index is -1.33. The molecule has 3 aliphatic rings. The number of aliphatic hydroxyl groups excluding tert-OH is 1. The molecule has 1 unspecified atom stereocenters. The molecule has 4 atom stereocenters. The highest BCUT2D eigenvalue weighted by Gasteiger charge is 2.68. The minimum absolute atomic E-state index is 0.317. The van der Waals surface area contributed by atoms with E-state index in [9.17, 15) is 14.7 Å². The molecule has 24 heavy (non-hydrogen) atoms. The average Bonchev–Trinajstić information content (AvgIpc) is 3.22. The van der Waals surface area contributed by atoms with E-state index in [2.05, 4.69) is 10.9 Å². The molecule has 0 bridgehead atoms. The largest absolute Gasteiger partial charge is 0.394 e. The van der Waals surface area contributed by atoms with Crippen LogP contribution in [0.1, 0.15) is 31.9 Å². The van der Waals surface area contributed by atoms with E-state index in [-0.39, 0.29) is 6.61 Å². The molecule has 0 radical (unpaired) electrons. The van der Waals surface area contributed by atoms with Gasteiger partial charge in [-0.2, -0.15) is 0 Å². The maximum Gasteiger partial charge on any atom is 0.330 e. The molecule has 128 valence electrons. The fraction of sp³-hybridized carbons (Fsp3) is 0.625. The van der Waals surface area contributed by atoms with Crippen LogP contribution in [0.25, 0.3) is 0 Å². The van der Waals surface area contributed by atoms with E-state index in [1.807, 2.05) is 0 Å². The second-order valence-electron chi connectivity index (χ2n) is 6.42. The quantitative estimate of drug-likeness (QED) is 0.706. The Labute approximate surface area is 137 Å². The van der Waals surface area contributed by atoms with Gasteiger partial charge in [-0.05, 0) is 12.8 Å². The lowest BCUT2D eigenvalue weighted by Gasteiger charge is -2.30. The van der Waals surface area contributed by atoms with Gasteiger partial charge in [0.2, 0.25) is 5.60 Å². The van der Waals surface area contributed by atoms with Gasteiger partial charge in [0.05, 0.1) is 6.61 Å². The van der Waals surface area contributed by atoms with E-state index >= 15 is 0 Å². The number of nitrogens with one attached hydrogen (secondary N) is 1. The van der Waals surface area contributed by atoms with Gasteiger partial charge in [-0.1, -0.05) is 5.92 Å². The summed E-state index contributed by atoms with van der Waals surface area (Å²) in [5, 5.41) is 9.66. The van der Waals surface area contributed by atoms with E-state index in [1.165, 1.54) is 16.8 Å². The van der Waals surface area contributed by atoms with Gasteiger partial charge < -0.3 is 19.3 Å². The third kappa shape index (κ3) is 2.03. The molecule has 3 heterocycles. The van der Waals surface area contributed by atoms with E-state index in [0.29, 0.717) is 12.8 Å². The van der Waals surface area contributed by atoms with Crippen LogP contribution in [0.15, 0.2) is 21.9 Å². The molecule has 1 saturated carbocycles. The van der Waals surface area contributed by atoms with Crippen LogP contribution in [0.2, 0.25) is 0 Å². The Morgan fingerprint density at radius 3 is 2.79 bits per heavy atom. The second kappa shape index (κ2) is 5.29. The first-order valence-corrected chi connectivity index (χ1v) is 7.97. The Morgan fingerprint density at radius 2 is 2.17 bits per heavy atom. The summed E-state index contributed by atoms with van der Waals surface area (Å²) in [5.41, 5.74) is -2.51. The van der Waals surface area contributed by atoms with Crippen LogP contribution in [-0.2, 0) is 14.2 Å². The summed E-state index contributed by atoms with van der Waals surface area (Å²) in [6, 6.07) is 1.21. The lowest BCUT2D eigenvalue weighted by Crippen LogP contribution is -2.47. The molecule has 1 aromatic rings. The van der Waals surface area contributed by atoms with Gasteiger partial charge in [0.15, 0.2) is 12.0 Å². The van der Waals surface area contributed by atoms with Crippen LogP contribution in [0.4, 0.5) is 0 Å². The summed E-state index contributed by atoms with van der Waals surface area (Å²) in [6.45, 7) is -0.317. The van der Waals surface area contributed by atoms with Crippen LogP contribution in [0.3, 0.4) is 0 Å². The number of aromatic nitrogens is 2. The summed E-state index contributed by atoms with van der Waals surface area (Å²) in [6.07, 6.45) is 8.03. The third-order valence-corrected chi connectivity index (χ3v) is 5.00. The monoisotopic (exact) mass is 334 g/mol. The SMILES string of the molecule is C#C[C@@]12OC3(CCCC3)O[C@@H]1C(CO)O[C@H]2n1ccc(=O)[nH]c1=O. The van der Waals surface area contributed by atoms with E-state index in [0.717, 1.165) is 12.8 Å². The minimum Gasteiger partial charge on any atom is -0.394 e. The molecule has 1 aliphatic carbocycles. The Kier molecular flexibility index (Phi) is 3.44. The molecular formula is C16H18N2O6. The second-order valence-corrected chi connectivity index (χ2v) is 6.42. The van der Waals surface area contributed by atoms with E-state index < -0.39 is 41.1 Å². The molecule has 0 aromatic carbocycles. The van der Waals surface area contributed by atoms with Gasteiger partial charge in [0, 0.05) is 25.1 Å². The Bertz CT molecular complexity index is 802. The predicted molar refractivity (Wildman–Crippen MR) is 81.0 cm³/mol. The summed E-state index contributed by atoms with van der Waals surface area (Å²) < 4.78 is 19.3. The molecule has 2 saturated heterocycles. The topological polar surface area (TPSA) is 103 Å². The van der Waals surface area contributed by atoms with Crippen LogP contribution >= 0.6 is 0 Å². The first-order valence-electron chi connectivity index (χ1n) is 7.97. The highest BCUT2D eigenvalue weighted by molar-refractivity contribution is 5.24. The van der Waals surface area contributed by atoms with Crippen molar-refractivity contribution in [3.8, 4) is 12.3 Å². The predicted octanol–water partition coefficient (Wildman–Crippen LogP) is -0.516. The number of terminal acetylenes is 1. The molecule has 4 rings (SSSR count). The number of H-pyrrole nitrogens is 1. The van der Waals surface area contributed by atoms with Crippen molar-refractivity contribution < 1.29 is 19.3 Å². The van der Waals surface area contributed by atoms with Crippen molar-refractivity contribution in [2.45, 2.75) is 55.5 Å². The van der Waals surface area contributed by atoms with E-state index in [4.69, 9.17) is 20.6 Å². The number of hydrogen-bond donors (Lipinski definition) is 2. The maximum absolute atomic E-state index is 12.2. The van der Waals surface area contributed by atoms with Gasteiger partial charge in [-0.3, -0.25) is 14.3 Å². The highest BCUT2D eigenvalue weighted by Crippen LogP contribution is 2.54. The number of ether oxygens (including phenoxy) is 3. The number of rotatable bonds is 2. The van der Waals surface area contributed by atoms with Crippen LogP contribution < -0.4 is 11.2 Å². The average molecular weight is 334 g/mol. The van der Waals surface area contributed by atoms with Crippen LogP contribution in [0, 0.1) is 12.3 Å². The summed E-state index contributed by atoms with van der Waals surface area (Å²) >= 11 is 0. The number of hydrogen-bond acceptors (Lipinski definition) is 6. The van der Waals surface area contributed by atoms with Gasteiger partial charge in [0.25, 0.3) is 5.56 Å².